The van der Waals surface area contributed by atoms with Crippen molar-refractivity contribution in [2.45, 2.75) is 58.0 Å². The second-order valence-electron chi connectivity index (χ2n) is 6.24. The number of nitrogens with one attached hydrogen (secondary N) is 1. The molecule has 1 saturated carbocycles. The molecule has 2 rings (SSSR count). The second kappa shape index (κ2) is 5.68. The van der Waals surface area contributed by atoms with Gasteiger partial charge >= 0.3 is 0 Å². The van der Waals surface area contributed by atoms with Crippen LogP contribution in [0.5, 0.6) is 0 Å². The molecule has 1 aliphatic rings. The number of aromatic nitrogens is 1. The molecule has 1 heterocycles. The predicted molar refractivity (Wildman–Crippen MR) is 75.9 cm³/mol. The van der Waals surface area contributed by atoms with Crippen LogP contribution >= 0.6 is 11.3 Å². The number of thiazole rings is 1. The van der Waals surface area contributed by atoms with Gasteiger partial charge in [0.25, 0.3) is 0 Å². The van der Waals surface area contributed by atoms with E-state index in [0.29, 0.717) is 18.6 Å². The first-order valence-electron chi connectivity index (χ1n) is 6.80. The summed E-state index contributed by atoms with van der Waals surface area (Å²) in [5.74, 6) is 0.444. The minimum absolute atomic E-state index is 0.143. The highest BCUT2D eigenvalue weighted by atomic mass is 32.1. The van der Waals surface area contributed by atoms with Gasteiger partial charge in [-0.2, -0.15) is 0 Å². The third kappa shape index (κ3) is 3.31. The van der Waals surface area contributed by atoms with E-state index in [2.05, 4.69) is 31.1 Å². The Morgan fingerprint density at radius 1 is 1.44 bits per heavy atom. The van der Waals surface area contributed by atoms with Crippen LogP contribution in [-0.2, 0) is 12.0 Å². The van der Waals surface area contributed by atoms with Crippen LogP contribution < -0.4 is 5.32 Å². The highest BCUT2D eigenvalue weighted by molar-refractivity contribution is 7.11. The summed E-state index contributed by atoms with van der Waals surface area (Å²) in [5.41, 5.74) is 0.143. The van der Waals surface area contributed by atoms with Gasteiger partial charge in [-0.3, -0.25) is 0 Å². The van der Waals surface area contributed by atoms with E-state index in [9.17, 15) is 5.11 Å². The Bertz CT molecular complexity index is 383. The van der Waals surface area contributed by atoms with Crippen molar-refractivity contribution < 1.29 is 5.11 Å². The molecule has 2 N–H and O–H groups in total. The molecule has 4 heteroatoms. The molecule has 0 amide bonds. The molecule has 2 atom stereocenters. The van der Waals surface area contributed by atoms with Gasteiger partial charge in [-0.15, -0.1) is 11.3 Å². The normalized spacial score (nSPS) is 24.7. The van der Waals surface area contributed by atoms with Crippen molar-refractivity contribution in [2.75, 3.05) is 6.61 Å². The lowest BCUT2D eigenvalue weighted by Gasteiger charge is -2.18. The third-order valence-corrected chi connectivity index (χ3v) is 5.05. The topological polar surface area (TPSA) is 45.2 Å². The van der Waals surface area contributed by atoms with Crippen molar-refractivity contribution in [3.63, 3.8) is 0 Å². The summed E-state index contributed by atoms with van der Waals surface area (Å²) in [6.45, 7) is 7.79. The van der Waals surface area contributed by atoms with E-state index in [1.54, 1.807) is 11.3 Å². The number of hydrogen-bond acceptors (Lipinski definition) is 4. The van der Waals surface area contributed by atoms with Crippen LogP contribution in [0.15, 0.2) is 6.20 Å². The molecule has 1 aromatic heterocycles. The van der Waals surface area contributed by atoms with Gasteiger partial charge in [0.2, 0.25) is 0 Å². The summed E-state index contributed by atoms with van der Waals surface area (Å²) in [4.78, 5) is 5.80. The molecule has 102 valence electrons. The minimum atomic E-state index is 0.143. The van der Waals surface area contributed by atoms with E-state index in [0.717, 1.165) is 13.0 Å². The lowest BCUT2D eigenvalue weighted by molar-refractivity contribution is 0.205. The molecular weight excluding hydrogens is 244 g/mol. The molecule has 0 aromatic carbocycles. The minimum Gasteiger partial charge on any atom is -0.396 e. The fraction of sp³-hybridized carbons (Fsp3) is 0.786. The Kier molecular flexibility index (Phi) is 4.41. The van der Waals surface area contributed by atoms with Crippen LogP contribution in [-0.4, -0.2) is 22.7 Å². The van der Waals surface area contributed by atoms with Gasteiger partial charge in [-0.25, -0.2) is 4.98 Å². The molecule has 1 fully saturated rings. The molecular formula is C14H24N2OS. The molecule has 1 aliphatic carbocycles. The number of aliphatic hydroxyl groups is 1. The zero-order chi connectivity index (χ0) is 13.2. The third-order valence-electron chi connectivity index (χ3n) is 3.63. The Hall–Kier alpha value is -0.450. The fourth-order valence-electron chi connectivity index (χ4n) is 2.49. The maximum atomic E-state index is 9.29. The predicted octanol–water partition coefficient (Wildman–Crippen LogP) is 2.69. The Morgan fingerprint density at radius 2 is 2.22 bits per heavy atom. The van der Waals surface area contributed by atoms with Crippen molar-refractivity contribution in [3.8, 4) is 0 Å². The monoisotopic (exact) mass is 268 g/mol. The Morgan fingerprint density at radius 3 is 2.83 bits per heavy atom. The van der Waals surface area contributed by atoms with Crippen LogP contribution in [0.1, 0.15) is 49.9 Å². The smallest absolute Gasteiger partial charge is 0.0981 e. The average Bonchev–Trinajstić information content (AvgIpc) is 2.94. The Labute approximate surface area is 114 Å². The van der Waals surface area contributed by atoms with E-state index < -0.39 is 0 Å². The molecule has 0 spiro atoms. The zero-order valence-electron chi connectivity index (χ0n) is 11.6. The van der Waals surface area contributed by atoms with Crippen molar-refractivity contribution in [3.05, 3.63) is 16.1 Å². The molecule has 2 unspecified atom stereocenters. The maximum Gasteiger partial charge on any atom is 0.0981 e. The first kappa shape index (κ1) is 14.0. The molecule has 0 bridgehead atoms. The van der Waals surface area contributed by atoms with E-state index in [4.69, 9.17) is 0 Å². The zero-order valence-corrected chi connectivity index (χ0v) is 12.4. The fourth-order valence-corrected chi connectivity index (χ4v) is 3.41. The molecule has 0 aliphatic heterocycles. The van der Waals surface area contributed by atoms with Gasteiger partial charge in [0.15, 0.2) is 0 Å². The standard InChI is InChI=1S/C14H24N2OS/c1-14(2,3)13-16-8-11(18-13)7-15-12-6-4-5-10(12)9-17/h8,10,12,15,17H,4-7,9H2,1-3H3. The SMILES string of the molecule is CC(C)(C)c1ncc(CNC2CCCC2CO)s1. The van der Waals surface area contributed by atoms with E-state index >= 15 is 0 Å². The van der Waals surface area contributed by atoms with Crippen molar-refractivity contribution in [2.24, 2.45) is 5.92 Å². The molecule has 3 nitrogen and oxygen atoms in total. The van der Waals surface area contributed by atoms with Crippen molar-refractivity contribution in [1.82, 2.24) is 10.3 Å². The van der Waals surface area contributed by atoms with E-state index in [1.807, 2.05) is 6.20 Å². The van der Waals surface area contributed by atoms with Gasteiger partial charge in [0.05, 0.1) is 5.01 Å². The van der Waals surface area contributed by atoms with E-state index in [-0.39, 0.29) is 5.41 Å². The Balaban J connectivity index is 1.89. The maximum absolute atomic E-state index is 9.29. The van der Waals surface area contributed by atoms with Crippen LogP contribution in [0.3, 0.4) is 0 Å². The summed E-state index contributed by atoms with van der Waals surface area (Å²) >= 11 is 1.80. The van der Waals surface area contributed by atoms with Crippen molar-refractivity contribution in [1.29, 1.82) is 0 Å². The molecule has 0 saturated heterocycles. The van der Waals surface area contributed by atoms with Gasteiger partial charge in [-0.05, 0) is 18.8 Å². The van der Waals surface area contributed by atoms with Gasteiger partial charge in [-0.1, -0.05) is 27.2 Å². The largest absolute Gasteiger partial charge is 0.396 e. The molecule has 1 aromatic rings. The molecule has 18 heavy (non-hydrogen) atoms. The highest BCUT2D eigenvalue weighted by Gasteiger charge is 2.26. The van der Waals surface area contributed by atoms with Gasteiger partial charge in [0.1, 0.15) is 0 Å². The van der Waals surface area contributed by atoms with Crippen LogP contribution in [0, 0.1) is 5.92 Å². The van der Waals surface area contributed by atoms with Gasteiger partial charge in [0, 0.05) is 35.7 Å². The number of nitrogens with zero attached hydrogens (tertiary/aromatic N) is 1. The first-order chi connectivity index (χ1) is 8.50. The lowest BCUT2D eigenvalue weighted by atomic mass is 9.98. The summed E-state index contributed by atoms with van der Waals surface area (Å²) in [6.07, 6.45) is 5.57. The summed E-state index contributed by atoms with van der Waals surface area (Å²) < 4.78 is 0. The second-order valence-corrected chi connectivity index (χ2v) is 7.36. The summed E-state index contributed by atoms with van der Waals surface area (Å²) in [7, 11) is 0. The highest BCUT2D eigenvalue weighted by Crippen LogP contribution is 2.28. The molecule has 0 radical (unpaired) electrons. The number of rotatable bonds is 4. The number of aliphatic hydroxyl groups excluding tert-OH is 1. The van der Waals surface area contributed by atoms with Crippen LogP contribution in [0.2, 0.25) is 0 Å². The first-order valence-corrected chi connectivity index (χ1v) is 7.62. The van der Waals surface area contributed by atoms with E-state index in [1.165, 1.54) is 22.7 Å². The van der Waals surface area contributed by atoms with Gasteiger partial charge < -0.3 is 10.4 Å². The van der Waals surface area contributed by atoms with Crippen LogP contribution in [0.25, 0.3) is 0 Å². The quantitative estimate of drug-likeness (QED) is 0.882. The van der Waals surface area contributed by atoms with Crippen LogP contribution in [0.4, 0.5) is 0 Å². The number of hydrogen-bond donors (Lipinski definition) is 2. The van der Waals surface area contributed by atoms with Crippen molar-refractivity contribution >= 4 is 11.3 Å². The summed E-state index contributed by atoms with van der Waals surface area (Å²) in [6, 6.07) is 0.482. The lowest BCUT2D eigenvalue weighted by Crippen LogP contribution is -2.33. The average molecular weight is 268 g/mol. The summed E-state index contributed by atoms with van der Waals surface area (Å²) in [5, 5.41) is 14.1.